The molecule has 0 radical (unpaired) electrons. The first-order valence-corrected chi connectivity index (χ1v) is 9.61. The first kappa shape index (κ1) is 18.0. The van der Waals surface area contributed by atoms with E-state index in [9.17, 15) is 14.4 Å². The van der Waals surface area contributed by atoms with Crippen LogP contribution in [0.3, 0.4) is 0 Å². The van der Waals surface area contributed by atoms with Gasteiger partial charge < -0.3 is 14.1 Å². The molecule has 1 amide bonds. The summed E-state index contributed by atoms with van der Waals surface area (Å²) >= 11 is 8.34. The van der Waals surface area contributed by atoms with Gasteiger partial charge in [-0.2, -0.15) is 0 Å². The van der Waals surface area contributed by atoms with Crippen molar-refractivity contribution in [3.63, 3.8) is 0 Å². The molecule has 1 saturated heterocycles. The van der Waals surface area contributed by atoms with Gasteiger partial charge in [-0.1, -0.05) is 11.6 Å². The number of ketones is 1. The zero-order chi connectivity index (χ0) is 18.0. The van der Waals surface area contributed by atoms with Crippen molar-refractivity contribution in [2.24, 2.45) is 0 Å². The highest BCUT2D eigenvalue weighted by atomic mass is 35.5. The summed E-state index contributed by atoms with van der Waals surface area (Å²) in [6.45, 7) is 1.01. The van der Waals surface area contributed by atoms with Crippen LogP contribution in [-0.4, -0.2) is 41.0 Å². The number of nitrogens with zero attached hydrogens (tertiary/aromatic N) is 1. The van der Waals surface area contributed by atoms with E-state index in [1.54, 1.807) is 24.3 Å². The molecular weight excluding hydrogens is 386 g/mol. The fraction of sp³-hybridized carbons (Fsp3) is 0.312. The monoisotopic (exact) mass is 399 g/mol. The first-order valence-electron chi connectivity index (χ1n) is 7.36. The number of thiophene rings is 1. The van der Waals surface area contributed by atoms with Crippen LogP contribution in [0.25, 0.3) is 0 Å². The third kappa shape index (κ3) is 3.91. The molecule has 6 nitrogen and oxygen atoms in total. The molecule has 0 N–H and O–H groups in total. The van der Waals surface area contributed by atoms with E-state index in [0.29, 0.717) is 20.7 Å². The van der Waals surface area contributed by atoms with Crippen LogP contribution in [0.4, 0.5) is 0 Å². The minimum Gasteiger partial charge on any atom is -0.466 e. The van der Waals surface area contributed by atoms with Crippen LogP contribution >= 0.6 is 34.7 Å². The second-order valence-electron chi connectivity index (χ2n) is 5.28. The van der Waals surface area contributed by atoms with Gasteiger partial charge in [-0.15, -0.1) is 23.1 Å². The highest BCUT2D eigenvalue weighted by molar-refractivity contribution is 7.99. The molecule has 2 aromatic rings. The van der Waals surface area contributed by atoms with E-state index in [-0.39, 0.29) is 23.7 Å². The summed E-state index contributed by atoms with van der Waals surface area (Å²) in [5, 5.41) is -0.378. The van der Waals surface area contributed by atoms with E-state index in [4.69, 9.17) is 20.8 Å². The van der Waals surface area contributed by atoms with Gasteiger partial charge in [0, 0.05) is 12.7 Å². The number of rotatable bonds is 5. The van der Waals surface area contributed by atoms with E-state index < -0.39 is 12.0 Å². The number of hydrogen-bond donors (Lipinski definition) is 0. The molecule has 1 aliphatic heterocycles. The van der Waals surface area contributed by atoms with Crippen LogP contribution in [0.5, 0.6) is 0 Å². The van der Waals surface area contributed by atoms with Gasteiger partial charge in [0.2, 0.25) is 11.7 Å². The number of esters is 1. The molecule has 2 aromatic heterocycles. The first-order chi connectivity index (χ1) is 12.0. The summed E-state index contributed by atoms with van der Waals surface area (Å²) in [5.74, 6) is -0.215. The molecule has 9 heteroatoms. The molecule has 2 atom stereocenters. The zero-order valence-corrected chi connectivity index (χ0v) is 15.5. The van der Waals surface area contributed by atoms with Crippen molar-refractivity contribution in [1.29, 1.82) is 0 Å². The molecule has 25 heavy (non-hydrogen) atoms. The Hall–Kier alpha value is -1.77. The van der Waals surface area contributed by atoms with Crippen molar-refractivity contribution in [2.45, 2.75) is 18.3 Å². The maximum atomic E-state index is 12.4. The third-order valence-corrected chi connectivity index (χ3v) is 6.17. The minimum atomic E-state index is -0.752. The standard InChI is InChI=1S/C16H14ClNO5S2/c1-9(19)18-10(8-24-15(18)12-3-2-6-22-12)16(21)23-7-11(20)13-4-5-14(17)25-13/h2-6,10,15H,7-8H2,1H3/t10-,15+/m1/s1. The average Bonchev–Trinajstić information content (AvgIpc) is 3.30. The lowest BCUT2D eigenvalue weighted by Crippen LogP contribution is -2.43. The van der Waals surface area contributed by atoms with Crippen LogP contribution in [0.2, 0.25) is 4.34 Å². The van der Waals surface area contributed by atoms with Gasteiger partial charge in [0.15, 0.2) is 6.61 Å². The van der Waals surface area contributed by atoms with Gasteiger partial charge in [0.25, 0.3) is 0 Å². The number of ether oxygens (including phenoxy) is 1. The average molecular weight is 400 g/mol. The second-order valence-corrected chi connectivity index (χ2v) is 8.11. The molecule has 3 rings (SSSR count). The third-order valence-electron chi connectivity index (χ3n) is 3.62. The fourth-order valence-electron chi connectivity index (χ4n) is 2.49. The number of thioether (sulfide) groups is 1. The summed E-state index contributed by atoms with van der Waals surface area (Å²) in [4.78, 5) is 38.3. The lowest BCUT2D eigenvalue weighted by Gasteiger charge is -2.25. The highest BCUT2D eigenvalue weighted by Crippen LogP contribution is 2.41. The molecule has 0 unspecified atom stereocenters. The van der Waals surface area contributed by atoms with Crippen molar-refractivity contribution in [2.75, 3.05) is 12.4 Å². The van der Waals surface area contributed by atoms with Crippen molar-refractivity contribution < 1.29 is 23.5 Å². The van der Waals surface area contributed by atoms with E-state index in [1.165, 1.54) is 29.8 Å². The molecule has 0 aliphatic carbocycles. The summed E-state index contributed by atoms with van der Waals surface area (Å²) in [7, 11) is 0. The molecule has 0 spiro atoms. The van der Waals surface area contributed by atoms with Gasteiger partial charge >= 0.3 is 5.97 Å². The Morgan fingerprint density at radius 1 is 1.36 bits per heavy atom. The predicted octanol–water partition coefficient (Wildman–Crippen LogP) is 3.38. The lowest BCUT2D eigenvalue weighted by molar-refractivity contribution is -0.152. The van der Waals surface area contributed by atoms with E-state index >= 15 is 0 Å². The van der Waals surface area contributed by atoms with Gasteiger partial charge in [-0.3, -0.25) is 9.59 Å². The number of halogens is 1. The SMILES string of the molecule is CC(=O)N1[C@@H](C(=O)OCC(=O)c2ccc(Cl)s2)CS[C@H]1c1ccco1. The molecule has 1 fully saturated rings. The largest absolute Gasteiger partial charge is 0.466 e. The molecule has 132 valence electrons. The topological polar surface area (TPSA) is 76.8 Å². The number of amides is 1. The van der Waals surface area contributed by atoms with Gasteiger partial charge in [-0.05, 0) is 24.3 Å². The predicted molar refractivity (Wildman–Crippen MR) is 94.8 cm³/mol. The molecule has 3 heterocycles. The number of hydrogen-bond acceptors (Lipinski definition) is 7. The quantitative estimate of drug-likeness (QED) is 0.566. The molecule has 0 saturated carbocycles. The van der Waals surface area contributed by atoms with Crippen molar-refractivity contribution in [3.05, 3.63) is 45.5 Å². The molecule has 0 bridgehead atoms. The van der Waals surface area contributed by atoms with Gasteiger partial charge in [0.1, 0.15) is 17.2 Å². The number of furan rings is 1. The maximum Gasteiger partial charge on any atom is 0.330 e. The summed E-state index contributed by atoms with van der Waals surface area (Å²) in [6, 6.07) is 5.93. The second kappa shape index (κ2) is 7.63. The Balaban J connectivity index is 1.65. The Kier molecular flexibility index (Phi) is 5.51. The lowest BCUT2D eigenvalue weighted by atomic mass is 10.2. The maximum absolute atomic E-state index is 12.4. The zero-order valence-electron chi connectivity index (χ0n) is 13.1. The highest BCUT2D eigenvalue weighted by Gasteiger charge is 2.43. The Morgan fingerprint density at radius 3 is 2.76 bits per heavy atom. The van der Waals surface area contributed by atoms with Crippen LogP contribution in [0.1, 0.15) is 27.7 Å². The fourth-order valence-corrected chi connectivity index (χ4v) is 4.87. The van der Waals surface area contributed by atoms with Gasteiger partial charge in [-0.25, -0.2) is 4.79 Å². The number of Topliss-reactive ketones (excluding diaryl/α,β-unsaturated/α-hetero) is 1. The van der Waals surface area contributed by atoms with E-state index in [1.807, 2.05) is 0 Å². The van der Waals surface area contributed by atoms with Crippen molar-refractivity contribution in [1.82, 2.24) is 4.90 Å². The van der Waals surface area contributed by atoms with E-state index in [0.717, 1.165) is 11.3 Å². The summed E-state index contributed by atoms with van der Waals surface area (Å²) in [5.41, 5.74) is 0. The van der Waals surface area contributed by atoms with Crippen molar-refractivity contribution >= 4 is 52.4 Å². The van der Waals surface area contributed by atoms with E-state index in [2.05, 4.69) is 0 Å². The summed E-state index contributed by atoms with van der Waals surface area (Å²) < 4.78 is 11.0. The molecular formula is C16H14ClNO5S2. The van der Waals surface area contributed by atoms with Crippen LogP contribution in [-0.2, 0) is 14.3 Å². The summed E-state index contributed by atoms with van der Waals surface area (Å²) in [6.07, 6.45) is 1.52. The smallest absolute Gasteiger partial charge is 0.330 e. The van der Waals surface area contributed by atoms with Gasteiger partial charge in [0.05, 0.1) is 15.5 Å². The van der Waals surface area contributed by atoms with Crippen LogP contribution in [0.15, 0.2) is 34.9 Å². The van der Waals surface area contributed by atoms with Crippen molar-refractivity contribution in [3.8, 4) is 0 Å². The van der Waals surface area contributed by atoms with Crippen LogP contribution in [0, 0.1) is 0 Å². The molecule has 1 aliphatic rings. The number of carbonyl (C=O) groups excluding carboxylic acids is 3. The Bertz CT molecular complexity index is 788. The Labute approximate surface area is 157 Å². The number of carbonyl (C=O) groups is 3. The normalized spacial score (nSPS) is 19.8. The van der Waals surface area contributed by atoms with Crippen LogP contribution < -0.4 is 0 Å². The Morgan fingerprint density at radius 2 is 2.16 bits per heavy atom. The minimum absolute atomic E-state index is 0.260. The molecule has 0 aromatic carbocycles.